The predicted molar refractivity (Wildman–Crippen MR) is 91.9 cm³/mol. The maximum Gasteiger partial charge on any atom is 0.248 e. The molecular formula is C15H12Cl2N2O3S. The maximum atomic E-state index is 11.9. The van der Waals surface area contributed by atoms with Crippen molar-refractivity contribution in [1.82, 2.24) is 0 Å². The summed E-state index contributed by atoms with van der Waals surface area (Å²) in [7, 11) is -3.83. The van der Waals surface area contributed by atoms with Crippen LogP contribution in [0.5, 0.6) is 0 Å². The van der Waals surface area contributed by atoms with Gasteiger partial charge >= 0.3 is 0 Å². The molecule has 0 aliphatic heterocycles. The molecule has 5 nitrogen and oxygen atoms in total. The third-order valence-corrected chi connectivity index (χ3v) is 4.40. The topological polar surface area (TPSA) is 89.3 Å². The van der Waals surface area contributed by atoms with Gasteiger partial charge in [-0.05, 0) is 36.4 Å². The van der Waals surface area contributed by atoms with Gasteiger partial charge in [0.15, 0.2) is 0 Å². The fourth-order valence-electron chi connectivity index (χ4n) is 1.76. The molecule has 0 aliphatic carbocycles. The third-order valence-electron chi connectivity index (χ3n) is 2.83. The first kappa shape index (κ1) is 17.5. The van der Waals surface area contributed by atoms with Crippen LogP contribution in [-0.2, 0) is 14.8 Å². The number of carbonyl (C=O) groups excluding carboxylic acids is 1. The summed E-state index contributed by atoms with van der Waals surface area (Å²) < 4.78 is 22.6. The molecule has 2 aromatic carbocycles. The first-order valence-corrected chi connectivity index (χ1v) is 8.63. The number of hydrogen-bond acceptors (Lipinski definition) is 3. The van der Waals surface area contributed by atoms with Crippen LogP contribution in [0.25, 0.3) is 6.08 Å². The molecule has 23 heavy (non-hydrogen) atoms. The van der Waals surface area contributed by atoms with Crippen LogP contribution >= 0.6 is 23.2 Å². The molecule has 0 saturated carbocycles. The Balaban J connectivity index is 2.16. The molecule has 0 spiro atoms. The number of rotatable bonds is 4. The van der Waals surface area contributed by atoms with Gasteiger partial charge in [-0.2, -0.15) is 0 Å². The zero-order valence-electron chi connectivity index (χ0n) is 11.7. The van der Waals surface area contributed by atoms with E-state index < -0.39 is 15.9 Å². The average molecular weight is 371 g/mol. The van der Waals surface area contributed by atoms with Gasteiger partial charge in [-0.15, -0.1) is 0 Å². The quantitative estimate of drug-likeness (QED) is 0.809. The number of halogens is 2. The van der Waals surface area contributed by atoms with Gasteiger partial charge in [-0.3, -0.25) is 4.79 Å². The molecule has 0 heterocycles. The second-order valence-electron chi connectivity index (χ2n) is 4.53. The van der Waals surface area contributed by atoms with E-state index in [1.165, 1.54) is 30.4 Å². The van der Waals surface area contributed by atoms with E-state index >= 15 is 0 Å². The molecule has 120 valence electrons. The Kier molecular flexibility index (Phi) is 5.43. The molecule has 0 aliphatic rings. The number of anilines is 1. The Morgan fingerprint density at radius 1 is 1.09 bits per heavy atom. The minimum Gasteiger partial charge on any atom is -0.322 e. The van der Waals surface area contributed by atoms with Crippen LogP contribution in [0.2, 0.25) is 10.0 Å². The summed E-state index contributed by atoms with van der Waals surface area (Å²) >= 11 is 12.0. The molecule has 0 aromatic heterocycles. The molecule has 3 N–H and O–H groups in total. The second kappa shape index (κ2) is 7.14. The summed E-state index contributed by atoms with van der Waals surface area (Å²) in [6, 6.07) is 10.6. The first-order valence-electron chi connectivity index (χ1n) is 6.33. The zero-order chi connectivity index (χ0) is 17.0. The van der Waals surface area contributed by atoms with Crippen LogP contribution in [-0.4, -0.2) is 14.3 Å². The molecule has 2 rings (SSSR count). The van der Waals surface area contributed by atoms with Gasteiger partial charge in [0.05, 0.1) is 4.90 Å². The van der Waals surface area contributed by atoms with Crippen LogP contribution in [0, 0.1) is 0 Å². The minimum absolute atomic E-state index is 0.0894. The molecule has 0 unspecified atom stereocenters. The smallest absolute Gasteiger partial charge is 0.248 e. The summed E-state index contributed by atoms with van der Waals surface area (Å²) in [5.41, 5.74) is 0.820. The highest BCUT2D eigenvalue weighted by molar-refractivity contribution is 7.89. The fraction of sp³-hybridized carbons (Fsp3) is 0. The van der Waals surface area contributed by atoms with E-state index in [4.69, 9.17) is 28.3 Å². The van der Waals surface area contributed by atoms with Crippen molar-refractivity contribution in [3.63, 3.8) is 0 Å². The van der Waals surface area contributed by atoms with Gasteiger partial charge in [0.25, 0.3) is 0 Å². The molecule has 1 amide bonds. The lowest BCUT2D eigenvalue weighted by molar-refractivity contribution is -0.111. The van der Waals surface area contributed by atoms with Gasteiger partial charge in [0.1, 0.15) is 0 Å². The Morgan fingerprint density at radius 2 is 1.70 bits per heavy atom. The van der Waals surface area contributed by atoms with Crippen molar-refractivity contribution in [3.05, 3.63) is 64.1 Å². The lowest BCUT2D eigenvalue weighted by Crippen LogP contribution is -2.13. The summed E-state index contributed by atoms with van der Waals surface area (Å²) in [5, 5.41) is 8.40. The molecular weight excluding hydrogens is 359 g/mol. The summed E-state index contributed by atoms with van der Waals surface area (Å²) in [6.07, 6.45) is 2.72. The van der Waals surface area contributed by atoms with Crippen molar-refractivity contribution in [2.75, 3.05) is 5.32 Å². The van der Waals surface area contributed by atoms with Crippen LogP contribution < -0.4 is 10.5 Å². The van der Waals surface area contributed by atoms with Gasteiger partial charge in [0, 0.05) is 27.4 Å². The van der Waals surface area contributed by atoms with E-state index in [0.29, 0.717) is 21.3 Å². The van der Waals surface area contributed by atoms with E-state index in [1.807, 2.05) is 0 Å². The average Bonchev–Trinajstić information content (AvgIpc) is 2.46. The highest BCUT2D eigenvalue weighted by atomic mass is 35.5. The Labute approximate surface area is 143 Å². The number of hydrogen-bond donors (Lipinski definition) is 2. The third kappa shape index (κ3) is 4.80. The van der Waals surface area contributed by atoms with E-state index in [-0.39, 0.29) is 4.90 Å². The molecule has 0 bridgehead atoms. The van der Waals surface area contributed by atoms with Crippen molar-refractivity contribution >= 4 is 50.9 Å². The van der Waals surface area contributed by atoms with Gasteiger partial charge < -0.3 is 5.32 Å². The SMILES string of the molecule is NS(=O)(=O)c1cccc(NC(=O)C=Cc2c(Cl)cccc2Cl)c1. The largest absolute Gasteiger partial charge is 0.322 e. The number of carbonyl (C=O) groups is 1. The Bertz CT molecular complexity index is 860. The minimum atomic E-state index is -3.83. The highest BCUT2D eigenvalue weighted by Crippen LogP contribution is 2.25. The molecule has 0 fully saturated rings. The fourth-order valence-corrected chi connectivity index (χ4v) is 2.85. The molecule has 0 saturated heterocycles. The van der Waals surface area contributed by atoms with Gasteiger partial charge in [0.2, 0.25) is 15.9 Å². The summed E-state index contributed by atoms with van der Waals surface area (Å²) in [4.78, 5) is 11.8. The predicted octanol–water partition coefficient (Wildman–Crippen LogP) is 3.29. The molecule has 0 radical (unpaired) electrons. The van der Waals surface area contributed by atoms with Crippen molar-refractivity contribution in [2.45, 2.75) is 4.90 Å². The lowest BCUT2D eigenvalue weighted by atomic mass is 10.2. The molecule has 0 atom stereocenters. The van der Waals surface area contributed by atoms with Crippen molar-refractivity contribution in [3.8, 4) is 0 Å². The van der Waals surface area contributed by atoms with Gasteiger partial charge in [-0.25, -0.2) is 13.6 Å². The van der Waals surface area contributed by atoms with Crippen LogP contribution in [0.15, 0.2) is 53.4 Å². The molecule has 8 heteroatoms. The van der Waals surface area contributed by atoms with Crippen molar-refractivity contribution in [2.24, 2.45) is 5.14 Å². The number of nitrogens with two attached hydrogens (primary N) is 1. The first-order chi connectivity index (χ1) is 10.8. The van der Waals surface area contributed by atoms with Crippen LogP contribution in [0.3, 0.4) is 0 Å². The standard InChI is InChI=1S/C15H12Cl2N2O3S/c16-13-5-2-6-14(17)12(13)7-8-15(20)19-10-3-1-4-11(9-10)23(18,21)22/h1-9H,(H,19,20)(H2,18,21,22). The Morgan fingerprint density at radius 3 is 2.30 bits per heavy atom. The van der Waals surface area contributed by atoms with Crippen molar-refractivity contribution < 1.29 is 13.2 Å². The van der Waals surface area contributed by atoms with Gasteiger partial charge in [-0.1, -0.05) is 35.3 Å². The van der Waals surface area contributed by atoms with E-state index in [9.17, 15) is 13.2 Å². The number of primary sulfonamides is 1. The zero-order valence-corrected chi connectivity index (χ0v) is 14.0. The number of nitrogens with one attached hydrogen (secondary N) is 1. The number of benzene rings is 2. The number of amides is 1. The number of sulfonamides is 1. The van der Waals surface area contributed by atoms with E-state index in [2.05, 4.69) is 5.32 Å². The molecule has 2 aromatic rings. The highest BCUT2D eigenvalue weighted by Gasteiger charge is 2.09. The monoisotopic (exact) mass is 370 g/mol. The van der Waals surface area contributed by atoms with Crippen LogP contribution in [0.1, 0.15) is 5.56 Å². The van der Waals surface area contributed by atoms with E-state index in [0.717, 1.165) is 0 Å². The second-order valence-corrected chi connectivity index (χ2v) is 6.91. The summed E-state index contributed by atoms with van der Waals surface area (Å²) in [5.74, 6) is -0.465. The maximum absolute atomic E-state index is 11.9. The lowest BCUT2D eigenvalue weighted by Gasteiger charge is -2.05. The Hall–Kier alpha value is -1.86. The van der Waals surface area contributed by atoms with E-state index in [1.54, 1.807) is 24.3 Å². The normalized spacial score (nSPS) is 11.6. The van der Waals surface area contributed by atoms with Crippen molar-refractivity contribution in [1.29, 1.82) is 0 Å². The van der Waals surface area contributed by atoms with Crippen LogP contribution in [0.4, 0.5) is 5.69 Å². The summed E-state index contributed by atoms with van der Waals surface area (Å²) in [6.45, 7) is 0.